The smallest absolute Gasteiger partial charge is 0.366 e. The van der Waals surface area contributed by atoms with Crippen LogP contribution in [0.25, 0.3) is 0 Å². The standard InChI is InChI=1S/C13H10F3N3O2/c14-13(15,16)10-3-1-9(2-4-10)8-18-12-7-11(19(20)21)5-6-17-12/h1-7H,8H2,(H,17,18). The van der Waals surface area contributed by atoms with Crippen molar-refractivity contribution in [3.05, 3.63) is 63.8 Å². The molecule has 0 fully saturated rings. The van der Waals surface area contributed by atoms with E-state index in [1.54, 1.807) is 0 Å². The molecule has 0 unspecified atom stereocenters. The fourth-order valence-corrected chi connectivity index (χ4v) is 1.63. The molecular formula is C13H10F3N3O2. The second-order valence-electron chi connectivity index (χ2n) is 4.20. The number of hydrogen-bond acceptors (Lipinski definition) is 4. The summed E-state index contributed by atoms with van der Waals surface area (Å²) in [5.41, 5.74) is -0.226. The average Bonchev–Trinajstić information content (AvgIpc) is 2.45. The van der Waals surface area contributed by atoms with Gasteiger partial charge in [-0.05, 0) is 17.7 Å². The van der Waals surface area contributed by atoms with Crippen molar-refractivity contribution in [3.63, 3.8) is 0 Å². The van der Waals surface area contributed by atoms with Crippen LogP contribution >= 0.6 is 0 Å². The van der Waals surface area contributed by atoms with E-state index in [4.69, 9.17) is 0 Å². The van der Waals surface area contributed by atoms with E-state index >= 15 is 0 Å². The molecule has 1 heterocycles. The van der Waals surface area contributed by atoms with Crippen LogP contribution in [0.3, 0.4) is 0 Å². The number of anilines is 1. The van der Waals surface area contributed by atoms with Crippen LogP contribution in [0.1, 0.15) is 11.1 Å². The van der Waals surface area contributed by atoms with Crippen LogP contribution in [0.4, 0.5) is 24.7 Å². The van der Waals surface area contributed by atoms with E-state index in [9.17, 15) is 23.3 Å². The summed E-state index contributed by atoms with van der Waals surface area (Å²) >= 11 is 0. The number of alkyl halides is 3. The van der Waals surface area contributed by atoms with Gasteiger partial charge in [0.15, 0.2) is 0 Å². The van der Waals surface area contributed by atoms with Gasteiger partial charge in [0, 0.05) is 18.8 Å². The monoisotopic (exact) mass is 297 g/mol. The first-order chi connectivity index (χ1) is 9.86. The quantitative estimate of drug-likeness (QED) is 0.691. The van der Waals surface area contributed by atoms with Gasteiger partial charge in [0.05, 0.1) is 16.6 Å². The molecule has 1 aromatic heterocycles. The summed E-state index contributed by atoms with van der Waals surface area (Å²) in [6, 6.07) is 7.16. The van der Waals surface area contributed by atoms with E-state index in [1.165, 1.54) is 30.5 Å². The Bertz CT molecular complexity index is 642. The first-order valence-electron chi connectivity index (χ1n) is 5.87. The number of rotatable bonds is 4. The highest BCUT2D eigenvalue weighted by Crippen LogP contribution is 2.29. The molecule has 1 N–H and O–H groups in total. The van der Waals surface area contributed by atoms with Gasteiger partial charge >= 0.3 is 6.18 Å². The number of aromatic nitrogens is 1. The fraction of sp³-hybridized carbons (Fsp3) is 0.154. The van der Waals surface area contributed by atoms with Crippen molar-refractivity contribution in [1.29, 1.82) is 0 Å². The fourth-order valence-electron chi connectivity index (χ4n) is 1.63. The maximum absolute atomic E-state index is 12.4. The Morgan fingerprint density at radius 3 is 2.43 bits per heavy atom. The predicted molar refractivity (Wildman–Crippen MR) is 69.7 cm³/mol. The van der Waals surface area contributed by atoms with Crippen molar-refractivity contribution in [2.75, 3.05) is 5.32 Å². The molecule has 0 aliphatic carbocycles. The number of hydrogen-bond donors (Lipinski definition) is 1. The molecule has 21 heavy (non-hydrogen) atoms. The highest BCUT2D eigenvalue weighted by molar-refractivity contribution is 5.44. The van der Waals surface area contributed by atoms with Crippen LogP contribution in [0.2, 0.25) is 0 Å². The van der Waals surface area contributed by atoms with Crippen LogP contribution in [-0.2, 0) is 12.7 Å². The molecule has 0 aliphatic rings. The summed E-state index contributed by atoms with van der Waals surface area (Å²) in [5.74, 6) is 0.282. The Labute approximate surface area is 117 Å². The van der Waals surface area contributed by atoms with Gasteiger partial charge in [-0.3, -0.25) is 10.1 Å². The first-order valence-corrected chi connectivity index (χ1v) is 5.87. The van der Waals surface area contributed by atoms with Crippen molar-refractivity contribution >= 4 is 11.5 Å². The van der Waals surface area contributed by atoms with Gasteiger partial charge in [-0.1, -0.05) is 12.1 Å². The third-order valence-electron chi connectivity index (χ3n) is 2.71. The van der Waals surface area contributed by atoms with Crippen LogP contribution in [-0.4, -0.2) is 9.91 Å². The number of nitrogens with one attached hydrogen (secondary N) is 1. The summed E-state index contributed by atoms with van der Waals surface area (Å²) in [4.78, 5) is 13.9. The summed E-state index contributed by atoms with van der Waals surface area (Å²) < 4.78 is 37.2. The SMILES string of the molecule is O=[N+]([O-])c1ccnc(NCc2ccc(C(F)(F)F)cc2)c1. The van der Waals surface area contributed by atoms with E-state index in [1.807, 2.05) is 0 Å². The Hall–Kier alpha value is -2.64. The van der Waals surface area contributed by atoms with Crippen LogP contribution < -0.4 is 5.32 Å². The van der Waals surface area contributed by atoms with E-state index < -0.39 is 16.7 Å². The molecule has 0 spiro atoms. The van der Waals surface area contributed by atoms with Crippen LogP contribution in [0.5, 0.6) is 0 Å². The highest BCUT2D eigenvalue weighted by atomic mass is 19.4. The average molecular weight is 297 g/mol. The van der Waals surface area contributed by atoms with Gasteiger partial charge in [-0.15, -0.1) is 0 Å². The van der Waals surface area contributed by atoms with Crippen LogP contribution in [0.15, 0.2) is 42.6 Å². The topological polar surface area (TPSA) is 68.1 Å². The first kappa shape index (κ1) is 14.8. The van der Waals surface area contributed by atoms with E-state index in [2.05, 4.69) is 10.3 Å². The molecule has 0 saturated carbocycles. The molecule has 0 aliphatic heterocycles. The van der Waals surface area contributed by atoms with E-state index in [0.29, 0.717) is 5.56 Å². The van der Waals surface area contributed by atoms with Gasteiger partial charge in [-0.25, -0.2) is 4.98 Å². The van der Waals surface area contributed by atoms with Gasteiger partial charge in [0.1, 0.15) is 5.82 Å². The highest BCUT2D eigenvalue weighted by Gasteiger charge is 2.29. The number of pyridine rings is 1. The molecule has 0 saturated heterocycles. The number of nitro groups is 1. The van der Waals surface area contributed by atoms with Crippen molar-refractivity contribution in [2.24, 2.45) is 0 Å². The molecule has 0 radical (unpaired) electrons. The molecule has 2 aromatic rings. The lowest BCUT2D eigenvalue weighted by Crippen LogP contribution is -2.06. The molecule has 0 atom stereocenters. The van der Waals surface area contributed by atoms with Crippen molar-refractivity contribution < 1.29 is 18.1 Å². The van der Waals surface area contributed by atoms with Gasteiger partial charge < -0.3 is 5.32 Å². The lowest BCUT2D eigenvalue weighted by atomic mass is 10.1. The van der Waals surface area contributed by atoms with E-state index in [0.717, 1.165) is 12.1 Å². The minimum atomic E-state index is -4.37. The number of benzene rings is 1. The van der Waals surface area contributed by atoms with Crippen molar-refractivity contribution in [2.45, 2.75) is 12.7 Å². The van der Waals surface area contributed by atoms with Crippen LogP contribution in [0, 0.1) is 10.1 Å². The Morgan fingerprint density at radius 2 is 1.86 bits per heavy atom. The zero-order chi connectivity index (χ0) is 15.5. The zero-order valence-electron chi connectivity index (χ0n) is 10.6. The minimum Gasteiger partial charge on any atom is -0.366 e. The second-order valence-corrected chi connectivity index (χ2v) is 4.20. The Balaban J connectivity index is 2.03. The van der Waals surface area contributed by atoms with Gasteiger partial charge in [-0.2, -0.15) is 13.2 Å². The number of halogens is 3. The molecule has 0 amide bonds. The van der Waals surface area contributed by atoms with E-state index in [-0.39, 0.29) is 18.1 Å². The summed E-state index contributed by atoms with van der Waals surface area (Å²) in [6.45, 7) is 0.215. The predicted octanol–water partition coefficient (Wildman–Crippen LogP) is 3.62. The summed E-state index contributed by atoms with van der Waals surface area (Å²) in [7, 11) is 0. The normalized spacial score (nSPS) is 11.2. The molecule has 0 bridgehead atoms. The summed E-state index contributed by atoms with van der Waals surface area (Å²) in [5, 5.41) is 13.4. The lowest BCUT2D eigenvalue weighted by Gasteiger charge is -2.08. The Morgan fingerprint density at radius 1 is 1.19 bits per heavy atom. The van der Waals surface area contributed by atoms with Crippen molar-refractivity contribution in [1.82, 2.24) is 4.98 Å². The Kier molecular flexibility index (Phi) is 4.06. The zero-order valence-corrected chi connectivity index (χ0v) is 10.6. The maximum Gasteiger partial charge on any atom is 0.416 e. The maximum atomic E-state index is 12.4. The molecule has 5 nitrogen and oxygen atoms in total. The minimum absolute atomic E-state index is 0.111. The molecule has 8 heteroatoms. The summed E-state index contributed by atoms with van der Waals surface area (Å²) in [6.07, 6.45) is -3.08. The third kappa shape index (κ3) is 3.91. The number of nitrogens with zero attached hydrogens (tertiary/aromatic N) is 2. The molecule has 2 rings (SSSR count). The largest absolute Gasteiger partial charge is 0.416 e. The second kappa shape index (κ2) is 5.78. The third-order valence-corrected chi connectivity index (χ3v) is 2.71. The van der Waals surface area contributed by atoms with Gasteiger partial charge in [0.25, 0.3) is 5.69 Å². The lowest BCUT2D eigenvalue weighted by molar-refractivity contribution is -0.384. The van der Waals surface area contributed by atoms with Gasteiger partial charge in [0.2, 0.25) is 0 Å². The molecule has 1 aromatic carbocycles. The van der Waals surface area contributed by atoms with Crippen molar-refractivity contribution in [3.8, 4) is 0 Å². The molecule has 110 valence electrons. The molecular weight excluding hydrogens is 287 g/mol.